The number of rotatable bonds is 4. The topological polar surface area (TPSA) is 51.2 Å². The molecule has 1 aromatic heterocycles. The van der Waals surface area contributed by atoms with Crippen LogP contribution >= 0.6 is 27.3 Å². The summed E-state index contributed by atoms with van der Waals surface area (Å²) in [6.07, 6.45) is 0. The SMILES string of the molecule is O=C(CS(=O)(=O)c1ccccc1F)c1ccc(Br)s1. The van der Waals surface area contributed by atoms with E-state index in [0.717, 1.165) is 27.3 Å². The zero-order chi connectivity index (χ0) is 14.0. The number of benzene rings is 1. The third-order valence-corrected chi connectivity index (χ3v) is 5.65. The molecule has 19 heavy (non-hydrogen) atoms. The highest BCUT2D eigenvalue weighted by molar-refractivity contribution is 9.11. The summed E-state index contributed by atoms with van der Waals surface area (Å²) in [6.45, 7) is 0. The Balaban J connectivity index is 2.28. The van der Waals surface area contributed by atoms with Gasteiger partial charge in [0.2, 0.25) is 0 Å². The van der Waals surface area contributed by atoms with Crippen LogP contribution in [0.1, 0.15) is 9.67 Å². The minimum atomic E-state index is -3.96. The summed E-state index contributed by atoms with van der Waals surface area (Å²) >= 11 is 4.34. The van der Waals surface area contributed by atoms with Gasteiger partial charge in [-0.05, 0) is 40.2 Å². The van der Waals surface area contributed by atoms with Crippen LogP contribution in [0, 0.1) is 5.82 Å². The second kappa shape index (κ2) is 5.52. The largest absolute Gasteiger partial charge is 0.292 e. The van der Waals surface area contributed by atoms with Crippen LogP contribution < -0.4 is 0 Å². The van der Waals surface area contributed by atoms with Gasteiger partial charge in [-0.3, -0.25) is 4.79 Å². The number of Topliss-reactive ketones (excluding diaryl/α,β-unsaturated/α-hetero) is 1. The van der Waals surface area contributed by atoms with E-state index in [9.17, 15) is 17.6 Å². The van der Waals surface area contributed by atoms with Gasteiger partial charge in [0.15, 0.2) is 15.6 Å². The molecule has 0 radical (unpaired) electrons. The summed E-state index contributed by atoms with van der Waals surface area (Å²) in [4.78, 5) is 11.7. The first-order valence-corrected chi connectivity index (χ1v) is 8.42. The highest BCUT2D eigenvalue weighted by atomic mass is 79.9. The number of hydrogen-bond donors (Lipinski definition) is 0. The smallest absolute Gasteiger partial charge is 0.188 e. The first kappa shape index (κ1) is 14.4. The van der Waals surface area contributed by atoms with Crippen molar-refractivity contribution in [2.24, 2.45) is 0 Å². The van der Waals surface area contributed by atoms with Gasteiger partial charge in [-0.1, -0.05) is 12.1 Å². The average molecular weight is 363 g/mol. The van der Waals surface area contributed by atoms with Crippen molar-refractivity contribution in [2.75, 3.05) is 5.75 Å². The molecule has 0 aliphatic heterocycles. The molecule has 0 bridgehead atoms. The predicted molar refractivity (Wildman–Crippen MR) is 74.8 cm³/mol. The lowest BCUT2D eigenvalue weighted by Gasteiger charge is -2.03. The predicted octanol–water partition coefficient (Wildman–Crippen LogP) is 3.31. The van der Waals surface area contributed by atoms with Crippen molar-refractivity contribution in [1.82, 2.24) is 0 Å². The van der Waals surface area contributed by atoms with E-state index in [4.69, 9.17) is 0 Å². The van der Waals surface area contributed by atoms with Crippen molar-refractivity contribution < 1.29 is 17.6 Å². The molecule has 0 unspecified atom stereocenters. The number of ketones is 1. The second-order valence-corrected chi connectivity index (χ2v) is 8.14. The second-order valence-electron chi connectivity index (χ2n) is 3.72. The van der Waals surface area contributed by atoms with Crippen LogP contribution in [0.2, 0.25) is 0 Å². The molecule has 0 saturated heterocycles. The lowest BCUT2D eigenvalue weighted by atomic mass is 10.3. The molecule has 2 rings (SSSR count). The molecule has 7 heteroatoms. The fourth-order valence-corrected chi connectivity index (χ4v) is 4.20. The Morgan fingerprint density at radius 2 is 1.89 bits per heavy atom. The molecule has 0 spiro atoms. The molecule has 100 valence electrons. The molecular formula is C12H8BrFO3S2. The van der Waals surface area contributed by atoms with Gasteiger partial charge in [-0.25, -0.2) is 12.8 Å². The molecule has 3 nitrogen and oxygen atoms in total. The van der Waals surface area contributed by atoms with Gasteiger partial charge in [-0.15, -0.1) is 11.3 Å². The maximum Gasteiger partial charge on any atom is 0.188 e. The first-order valence-electron chi connectivity index (χ1n) is 5.16. The normalized spacial score (nSPS) is 11.5. The molecule has 0 fully saturated rings. The maximum absolute atomic E-state index is 13.4. The first-order chi connectivity index (χ1) is 8.90. The average Bonchev–Trinajstić information content (AvgIpc) is 2.76. The molecule has 0 amide bonds. The van der Waals surface area contributed by atoms with Crippen LogP contribution in [0.15, 0.2) is 45.1 Å². The Labute approximate surface area is 122 Å². The van der Waals surface area contributed by atoms with Crippen LogP contribution in [0.4, 0.5) is 4.39 Å². The van der Waals surface area contributed by atoms with Crippen LogP contribution in [0.25, 0.3) is 0 Å². The van der Waals surface area contributed by atoms with Gasteiger partial charge in [0.05, 0.1) is 8.66 Å². The summed E-state index contributed by atoms with van der Waals surface area (Å²) in [7, 11) is -3.96. The standard InChI is InChI=1S/C12H8BrFO3S2/c13-12-6-5-10(18-12)9(15)7-19(16,17)11-4-2-1-3-8(11)14/h1-6H,7H2. The van der Waals surface area contributed by atoms with E-state index < -0.39 is 32.1 Å². The minimum Gasteiger partial charge on any atom is -0.292 e. The van der Waals surface area contributed by atoms with E-state index in [1.165, 1.54) is 18.2 Å². The van der Waals surface area contributed by atoms with Crippen LogP contribution in [-0.4, -0.2) is 20.0 Å². The third kappa shape index (κ3) is 3.29. The Hall–Kier alpha value is -1.05. The Bertz CT molecular complexity index is 722. The lowest BCUT2D eigenvalue weighted by Crippen LogP contribution is -2.16. The van der Waals surface area contributed by atoms with E-state index in [1.807, 2.05) is 0 Å². The number of carbonyl (C=O) groups is 1. The fraction of sp³-hybridized carbons (Fsp3) is 0.0833. The van der Waals surface area contributed by atoms with E-state index in [0.29, 0.717) is 4.88 Å². The van der Waals surface area contributed by atoms with Gasteiger partial charge < -0.3 is 0 Å². The molecule has 2 aromatic rings. The molecule has 0 aliphatic carbocycles. The summed E-state index contributed by atoms with van der Waals surface area (Å²) < 4.78 is 38.1. The molecule has 1 heterocycles. The van der Waals surface area contributed by atoms with Gasteiger partial charge in [0.1, 0.15) is 16.5 Å². The van der Waals surface area contributed by atoms with Crippen molar-refractivity contribution in [2.45, 2.75) is 4.90 Å². The number of sulfone groups is 1. The van der Waals surface area contributed by atoms with E-state index in [2.05, 4.69) is 15.9 Å². The monoisotopic (exact) mass is 362 g/mol. The number of carbonyl (C=O) groups excluding carboxylic acids is 1. The van der Waals surface area contributed by atoms with Gasteiger partial charge in [0.25, 0.3) is 0 Å². The van der Waals surface area contributed by atoms with Crippen LogP contribution in [-0.2, 0) is 9.84 Å². The number of halogens is 2. The molecule has 0 atom stereocenters. The number of thiophene rings is 1. The van der Waals surface area contributed by atoms with Crippen molar-refractivity contribution in [3.63, 3.8) is 0 Å². The fourth-order valence-electron chi connectivity index (χ4n) is 1.48. The van der Waals surface area contributed by atoms with Crippen molar-refractivity contribution in [1.29, 1.82) is 0 Å². The molecular weight excluding hydrogens is 355 g/mol. The zero-order valence-electron chi connectivity index (χ0n) is 9.47. The Kier molecular flexibility index (Phi) is 4.17. The minimum absolute atomic E-state index is 0.326. The third-order valence-electron chi connectivity index (χ3n) is 2.34. The highest BCUT2D eigenvalue weighted by Gasteiger charge is 2.24. The quantitative estimate of drug-likeness (QED) is 0.784. The summed E-state index contributed by atoms with van der Waals surface area (Å²) in [6, 6.07) is 8.22. The van der Waals surface area contributed by atoms with Crippen molar-refractivity contribution >= 4 is 42.9 Å². The summed E-state index contributed by atoms with van der Waals surface area (Å²) in [5.41, 5.74) is 0. The highest BCUT2D eigenvalue weighted by Crippen LogP contribution is 2.24. The Morgan fingerprint density at radius 3 is 2.47 bits per heavy atom. The molecule has 0 aliphatic rings. The molecule has 1 aromatic carbocycles. The molecule has 0 N–H and O–H groups in total. The van der Waals surface area contributed by atoms with E-state index in [-0.39, 0.29) is 0 Å². The van der Waals surface area contributed by atoms with Gasteiger partial charge in [-0.2, -0.15) is 0 Å². The van der Waals surface area contributed by atoms with Gasteiger partial charge >= 0.3 is 0 Å². The lowest BCUT2D eigenvalue weighted by molar-refractivity contribution is 0.102. The van der Waals surface area contributed by atoms with Gasteiger partial charge in [0, 0.05) is 0 Å². The number of hydrogen-bond acceptors (Lipinski definition) is 4. The summed E-state index contributed by atoms with van der Waals surface area (Å²) in [5.74, 6) is -2.12. The summed E-state index contributed by atoms with van der Waals surface area (Å²) in [5, 5.41) is 0. The Morgan fingerprint density at radius 1 is 1.21 bits per heavy atom. The zero-order valence-corrected chi connectivity index (χ0v) is 12.7. The molecule has 0 saturated carbocycles. The van der Waals surface area contributed by atoms with Crippen LogP contribution in [0.5, 0.6) is 0 Å². The van der Waals surface area contributed by atoms with E-state index >= 15 is 0 Å². The van der Waals surface area contributed by atoms with Crippen molar-refractivity contribution in [3.8, 4) is 0 Å². The van der Waals surface area contributed by atoms with E-state index in [1.54, 1.807) is 6.07 Å². The maximum atomic E-state index is 13.4. The van der Waals surface area contributed by atoms with Crippen molar-refractivity contribution in [3.05, 3.63) is 50.9 Å². The van der Waals surface area contributed by atoms with Crippen LogP contribution in [0.3, 0.4) is 0 Å².